The van der Waals surface area contributed by atoms with E-state index in [2.05, 4.69) is 0 Å². The molecule has 172 valence electrons. The number of hydrogen-bond donors (Lipinski definition) is 0. The lowest BCUT2D eigenvalue weighted by Gasteiger charge is -2.20. The fourth-order valence-corrected chi connectivity index (χ4v) is 4.41. The Kier molecular flexibility index (Phi) is 7.18. The van der Waals surface area contributed by atoms with Gasteiger partial charge in [-0.15, -0.1) is 0 Å². The average Bonchev–Trinajstić information content (AvgIpc) is 2.82. The standard InChI is InChI=1S/C25H25NO6S/c1-17-8-11-22(12-9-17)26(3)33(29,30)23-7-5-6-20(15-23)25(28)32-16-21-14-19(18(2)27)10-13-24(21)31-4/h5-15H,16H2,1-4H3. The van der Waals surface area contributed by atoms with Gasteiger partial charge in [0.05, 0.1) is 23.3 Å². The fraction of sp³-hybridized carbons (Fsp3) is 0.200. The van der Waals surface area contributed by atoms with Gasteiger partial charge in [0.25, 0.3) is 10.0 Å². The van der Waals surface area contributed by atoms with Crippen molar-refractivity contribution in [3.8, 4) is 5.75 Å². The van der Waals surface area contributed by atoms with Crippen LogP contribution in [0.1, 0.15) is 38.8 Å². The third-order valence-corrected chi connectivity index (χ3v) is 6.95. The summed E-state index contributed by atoms with van der Waals surface area (Å²) in [5.74, 6) is -0.343. The second-order valence-corrected chi connectivity index (χ2v) is 9.46. The topological polar surface area (TPSA) is 90.0 Å². The summed E-state index contributed by atoms with van der Waals surface area (Å²) in [6, 6.07) is 17.6. The molecule has 0 amide bonds. The smallest absolute Gasteiger partial charge is 0.338 e. The lowest BCUT2D eigenvalue weighted by Crippen LogP contribution is -2.26. The Morgan fingerprint density at radius 3 is 2.27 bits per heavy atom. The van der Waals surface area contributed by atoms with Crippen LogP contribution in [-0.4, -0.2) is 34.3 Å². The van der Waals surface area contributed by atoms with Gasteiger partial charge in [-0.25, -0.2) is 13.2 Å². The maximum atomic E-state index is 13.1. The molecule has 3 aromatic carbocycles. The van der Waals surface area contributed by atoms with Crippen LogP contribution in [0, 0.1) is 6.92 Å². The number of rotatable bonds is 8. The van der Waals surface area contributed by atoms with E-state index in [1.807, 2.05) is 19.1 Å². The summed E-state index contributed by atoms with van der Waals surface area (Å²) < 4.78 is 38.0. The molecule has 0 saturated heterocycles. The van der Waals surface area contributed by atoms with Gasteiger partial charge in [-0.2, -0.15) is 0 Å². The van der Waals surface area contributed by atoms with Crippen LogP contribution in [0.4, 0.5) is 5.69 Å². The molecule has 0 fully saturated rings. The molecule has 0 radical (unpaired) electrons. The van der Waals surface area contributed by atoms with Crippen LogP contribution in [0.15, 0.2) is 71.6 Å². The first kappa shape index (κ1) is 24.0. The van der Waals surface area contributed by atoms with Crippen molar-refractivity contribution in [3.63, 3.8) is 0 Å². The van der Waals surface area contributed by atoms with E-state index in [1.165, 1.54) is 45.3 Å². The average molecular weight is 468 g/mol. The largest absolute Gasteiger partial charge is 0.496 e. The molecular formula is C25H25NO6S. The number of aryl methyl sites for hydroxylation is 1. The zero-order valence-corrected chi connectivity index (χ0v) is 19.7. The van der Waals surface area contributed by atoms with Gasteiger partial charge in [0.1, 0.15) is 12.4 Å². The minimum absolute atomic E-state index is 0.0313. The van der Waals surface area contributed by atoms with Gasteiger partial charge in [0, 0.05) is 18.2 Å². The second kappa shape index (κ2) is 9.87. The summed E-state index contributed by atoms with van der Waals surface area (Å²) in [5.41, 5.74) is 2.61. The van der Waals surface area contributed by atoms with E-state index in [0.29, 0.717) is 22.6 Å². The Morgan fingerprint density at radius 2 is 1.64 bits per heavy atom. The number of carbonyl (C=O) groups is 2. The molecule has 0 N–H and O–H groups in total. The lowest BCUT2D eigenvalue weighted by molar-refractivity contribution is 0.0470. The van der Waals surface area contributed by atoms with Gasteiger partial charge in [0.2, 0.25) is 0 Å². The molecule has 0 spiro atoms. The quantitative estimate of drug-likeness (QED) is 0.361. The van der Waals surface area contributed by atoms with Crippen molar-refractivity contribution in [2.45, 2.75) is 25.3 Å². The predicted octanol–water partition coefficient (Wildman–Crippen LogP) is 4.39. The first-order valence-electron chi connectivity index (χ1n) is 10.1. The number of ketones is 1. The predicted molar refractivity (Wildman–Crippen MR) is 125 cm³/mol. The van der Waals surface area contributed by atoms with Crippen LogP contribution in [0.25, 0.3) is 0 Å². The van der Waals surface area contributed by atoms with Gasteiger partial charge in [-0.05, 0) is 62.4 Å². The number of anilines is 1. The van der Waals surface area contributed by atoms with Gasteiger partial charge in [0.15, 0.2) is 5.78 Å². The highest BCUT2D eigenvalue weighted by Crippen LogP contribution is 2.24. The molecule has 0 atom stereocenters. The number of nitrogens with zero attached hydrogens (tertiary/aromatic N) is 1. The molecule has 0 aliphatic rings. The third kappa shape index (κ3) is 5.40. The summed E-state index contributed by atoms with van der Waals surface area (Å²) in [6.07, 6.45) is 0. The molecule has 0 bridgehead atoms. The maximum Gasteiger partial charge on any atom is 0.338 e. The fourth-order valence-electron chi connectivity index (χ4n) is 3.17. The van der Waals surface area contributed by atoms with Crippen LogP contribution < -0.4 is 9.04 Å². The molecule has 3 aromatic rings. The number of benzene rings is 3. The highest BCUT2D eigenvalue weighted by Gasteiger charge is 2.23. The van der Waals surface area contributed by atoms with Crippen molar-refractivity contribution in [2.24, 2.45) is 0 Å². The number of carbonyl (C=O) groups excluding carboxylic acids is 2. The summed E-state index contributed by atoms with van der Waals surface area (Å²) in [4.78, 5) is 24.3. The Balaban J connectivity index is 1.80. The Hall–Kier alpha value is -3.65. The second-order valence-electron chi connectivity index (χ2n) is 7.49. The number of Topliss-reactive ketones (excluding diaryl/α,β-unsaturated/α-hetero) is 1. The summed E-state index contributed by atoms with van der Waals surface area (Å²) in [5, 5.41) is 0. The maximum absolute atomic E-state index is 13.1. The molecule has 0 aliphatic heterocycles. The van der Waals surface area contributed by atoms with Crippen LogP contribution >= 0.6 is 0 Å². The van der Waals surface area contributed by atoms with Crippen LogP contribution in [0.2, 0.25) is 0 Å². The van der Waals surface area contributed by atoms with Crippen LogP contribution in [0.5, 0.6) is 5.75 Å². The van der Waals surface area contributed by atoms with Gasteiger partial charge < -0.3 is 9.47 Å². The molecule has 8 heteroatoms. The Bertz CT molecular complexity index is 1280. The summed E-state index contributed by atoms with van der Waals surface area (Å²) >= 11 is 0. The summed E-state index contributed by atoms with van der Waals surface area (Å²) in [6.45, 7) is 3.22. The van der Waals surface area contributed by atoms with Gasteiger partial charge in [-0.3, -0.25) is 9.10 Å². The first-order valence-corrected chi connectivity index (χ1v) is 11.6. The van der Waals surface area contributed by atoms with Crippen molar-refractivity contribution in [3.05, 3.63) is 89.0 Å². The number of ether oxygens (including phenoxy) is 2. The molecule has 33 heavy (non-hydrogen) atoms. The number of esters is 1. The van der Waals surface area contributed by atoms with E-state index < -0.39 is 16.0 Å². The molecular weight excluding hydrogens is 442 g/mol. The molecule has 0 heterocycles. The zero-order valence-electron chi connectivity index (χ0n) is 18.9. The Morgan fingerprint density at radius 1 is 0.939 bits per heavy atom. The normalized spacial score (nSPS) is 11.0. The van der Waals surface area contributed by atoms with E-state index in [-0.39, 0.29) is 22.8 Å². The molecule has 7 nitrogen and oxygen atoms in total. The molecule has 0 saturated carbocycles. The lowest BCUT2D eigenvalue weighted by atomic mass is 10.1. The van der Waals surface area contributed by atoms with Crippen molar-refractivity contribution >= 4 is 27.5 Å². The molecule has 0 aliphatic carbocycles. The molecule has 0 unspecified atom stereocenters. The summed E-state index contributed by atoms with van der Waals surface area (Å²) in [7, 11) is -0.949. The Labute approximate surface area is 193 Å². The van der Waals surface area contributed by atoms with Crippen LogP contribution in [-0.2, 0) is 21.4 Å². The van der Waals surface area contributed by atoms with Crippen molar-refractivity contribution in [1.82, 2.24) is 0 Å². The minimum Gasteiger partial charge on any atom is -0.496 e. The number of sulfonamides is 1. The van der Waals surface area contributed by atoms with Crippen molar-refractivity contribution in [2.75, 3.05) is 18.5 Å². The van der Waals surface area contributed by atoms with E-state index >= 15 is 0 Å². The van der Waals surface area contributed by atoms with E-state index in [9.17, 15) is 18.0 Å². The van der Waals surface area contributed by atoms with Gasteiger partial charge >= 0.3 is 5.97 Å². The number of hydrogen-bond acceptors (Lipinski definition) is 6. The zero-order chi connectivity index (χ0) is 24.2. The number of methoxy groups -OCH3 is 1. The highest BCUT2D eigenvalue weighted by molar-refractivity contribution is 7.92. The van der Waals surface area contributed by atoms with E-state index in [4.69, 9.17) is 9.47 Å². The molecule has 3 rings (SSSR count). The van der Waals surface area contributed by atoms with E-state index in [0.717, 1.165) is 9.87 Å². The third-order valence-electron chi connectivity index (χ3n) is 5.17. The van der Waals surface area contributed by atoms with Gasteiger partial charge in [-0.1, -0.05) is 23.8 Å². The van der Waals surface area contributed by atoms with E-state index in [1.54, 1.807) is 30.3 Å². The highest BCUT2D eigenvalue weighted by atomic mass is 32.2. The minimum atomic E-state index is -3.89. The van der Waals surface area contributed by atoms with Crippen LogP contribution in [0.3, 0.4) is 0 Å². The monoisotopic (exact) mass is 467 g/mol. The molecule has 0 aromatic heterocycles. The van der Waals surface area contributed by atoms with Crippen molar-refractivity contribution < 1.29 is 27.5 Å². The first-order chi connectivity index (χ1) is 15.6. The van der Waals surface area contributed by atoms with Crippen molar-refractivity contribution in [1.29, 1.82) is 0 Å². The SMILES string of the molecule is COc1ccc(C(C)=O)cc1COC(=O)c1cccc(S(=O)(=O)N(C)c2ccc(C)cc2)c1.